The van der Waals surface area contributed by atoms with Crippen LogP contribution in [-0.2, 0) is 5.41 Å². The van der Waals surface area contributed by atoms with Crippen LogP contribution < -0.4 is 0 Å². The molecule has 0 atom stereocenters. The molecule has 0 aliphatic rings. The molecule has 0 bridgehead atoms. The van der Waals surface area contributed by atoms with E-state index < -0.39 is 0 Å². The summed E-state index contributed by atoms with van der Waals surface area (Å²) in [7, 11) is 0. The lowest BCUT2D eigenvalue weighted by molar-refractivity contribution is 0.590. The van der Waals surface area contributed by atoms with Gasteiger partial charge in [-0.15, -0.1) is 0 Å². The molecule has 5 rings (SSSR count). The van der Waals surface area contributed by atoms with Crippen molar-refractivity contribution in [3.8, 4) is 0 Å². The van der Waals surface area contributed by atoms with Crippen LogP contribution in [0.5, 0.6) is 0 Å². The zero-order chi connectivity index (χ0) is 21.8. The van der Waals surface area contributed by atoms with Gasteiger partial charge in [-0.25, -0.2) is 9.97 Å². The van der Waals surface area contributed by atoms with Crippen molar-refractivity contribution >= 4 is 45.3 Å². The molecule has 1 aromatic carbocycles. The van der Waals surface area contributed by atoms with Crippen molar-refractivity contribution in [1.29, 1.82) is 0 Å². The van der Waals surface area contributed by atoms with E-state index >= 15 is 0 Å². The minimum atomic E-state index is -0.0444. The number of benzene rings is 1. The van der Waals surface area contributed by atoms with Gasteiger partial charge in [0.2, 0.25) is 0 Å². The largest absolute Gasteiger partial charge is 0.346 e. The quantitative estimate of drug-likeness (QED) is 0.305. The van der Waals surface area contributed by atoms with Gasteiger partial charge in [0.05, 0.1) is 10.0 Å². The van der Waals surface area contributed by atoms with E-state index in [0.717, 1.165) is 33.2 Å². The molecule has 0 fully saturated rings. The standard InChI is InChI=1S/C25H22Cl2N4/c1-25(2,3)15-6-4-14(5-7-15)22(20-12-30-23-18(20)8-16(26)10-28-23)21-13-31-24-19(21)9-17(27)11-29-24/h4-13,22H,1-3H3,(H,28,30)(H,29,31). The number of nitrogens with zero attached hydrogens (tertiary/aromatic N) is 2. The predicted octanol–water partition coefficient (Wildman–Crippen LogP) is 7.22. The van der Waals surface area contributed by atoms with Crippen molar-refractivity contribution in [3.63, 3.8) is 0 Å². The Labute approximate surface area is 190 Å². The molecule has 4 aromatic heterocycles. The van der Waals surface area contributed by atoms with Crippen LogP contribution in [0.3, 0.4) is 0 Å². The highest BCUT2D eigenvalue weighted by atomic mass is 35.5. The van der Waals surface area contributed by atoms with E-state index in [1.54, 1.807) is 12.4 Å². The first-order valence-corrected chi connectivity index (χ1v) is 10.9. The number of hydrogen-bond acceptors (Lipinski definition) is 2. The number of fused-ring (bicyclic) bond motifs is 2. The molecular formula is C25H22Cl2N4. The molecule has 0 radical (unpaired) electrons. The Hall–Kier alpha value is -2.82. The summed E-state index contributed by atoms with van der Waals surface area (Å²) in [4.78, 5) is 15.5. The third-order valence-electron chi connectivity index (χ3n) is 5.79. The summed E-state index contributed by atoms with van der Waals surface area (Å²) in [6, 6.07) is 12.8. The van der Waals surface area contributed by atoms with Gasteiger partial charge >= 0.3 is 0 Å². The van der Waals surface area contributed by atoms with Gasteiger partial charge in [0.1, 0.15) is 11.3 Å². The van der Waals surface area contributed by atoms with Gasteiger partial charge in [-0.1, -0.05) is 68.2 Å². The summed E-state index contributed by atoms with van der Waals surface area (Å²) in [6.07, 6.45) is 7.36. The molecule has 0 saturated heterocycles. The smallest absolute Gasteiger partial charge is 0.137 e. The third-order valence-corrected chi connectivity index (χ3v) is 6.20. The minimum absolute atomic E-state index is 0.0444. The SMILES string of the molecule is CC(C)(C)c1ccc(C(c2c[nH]c3ncc(Cl)cc23)c2c[nH]c3ncc(Cl)cc23)cc1. The molecule has 5 aromatic rings. The number of pyridine rings is 2. The van der Waals surface area contributed by atoms with Gasteiger partial charge in [-0.3, -0.25) is 0 Å². The molecular weight excluding hydrogens is 427 g/mol. The van der Waals surface area contributed by atoms with Gasteiger partial charge in [0, 0.05) is 41.5 Å². The van der Waals surface area contributed by atoms with E-state index in [9.17, 15) is 0 Å². The van der Waals surface area contributed by atoms with Crippen molar-refractivity contribution in [2.24, 2.45) is 0 Å². The highest BCUT2D eigenvalue weighted by Crippen LogP contribution is 2.40. The highest BCUT2D eigenvalue weighted by molar-refractivity contribution is 6.31. The van der Waals surface area contributed by atoms with Crippen LogP contribution in [0.1, 0.15) is 48.9 Å². The van der Waals surface area contributed by atoms with Crippen molar-refractivity contribution in [2.75, 3.05) is 0 Å². The summed E-state index contributed by atoms with van der Waals surface area (Å²) < 4.78 is 0. The zero-order valence-electron chi connectivity index (χ0n) is 17.5. The lowest BCUT2D eigenvalue weighted by Crippen LogP contribution is -2.11. The monoisotopic (exact) mass is 448 g/mol. The number of rotatable bonds is 3. The molecule has 0 spiro atoms. The normalized spacial score (nSPS) is 12.3. The molecule has 0 unspecified atom stereocenters. The maximum Gasteiger partial charge on any atom is 0.137 e. The number of nitrogens with one attached hydrogen (secondary N) is 2. The van der Waals surface area contributed by atoms with Crippen LogP contribution in [0.4, 0.5) is 0 Å². The van der Waals surface area contributed by atoms with Crippen LogP contribution in [0.25, 0.3) is 22.1 Å². The molecule has 0 saturated carbocycles. The molecule has 4 heterocycles. The number of aromatic amines is 2. The molecule has 0 aliphatic heterocycles. The molecule has 0 amide bonds. The Morgan fingerprint density at radius 1 is 0.774 bits per heavy atom. The van der Waals surface area contributed by atoms with Crippen LogP contribution in [-0.4, -0.2) is 19.9 Å². The summed E-state index contributed by atoms with van der Waals surface area (Å²) in [6.45, 7) is 6.67. The number of halogens is 2. The van der Waals surface area contributed by atoms with E-state index in [4.69, 9.17) is 23.2 Å². The van der Waals surface area contributed by atoms with Crippen molar-refractivity contribution in [3.05, 3.63) is 93.5 Å². The lowest BCUT2D eigenvalue weighted by Gasteiger charge is -2.22. The molecule has 0 aliphatic carbocycles. The van der Waals surface area contributed by atoms with Gasteiger partial charge in [0.25, 0.3) is 0 Å². The Kier molecular flexibility index (Phi) is 4.80. The predicted molar refractivity (Wildman–Crippen MR) is 128 cm³/mol. The fourth-order valence-corrected chi connectivity index (χ4v) is 4.49. The van der Waals surface area contributed by atoms with Crippen LogP contribution in [0.2, 0.25) is 10.0 Å². The molecule has 6 heteroatoms. The van der Waals surface area contributed by atoms with Crippen molar-refractivity contribution in [1.82, 2.24) is 19.9 Å². The Balaban J connectivity index is 1.76. The van der Waals surface area contributed by atoms with E-state index in [1.165, 1.54) is 11.1 Å². The Morgan fingerprint density at radius 3 is 1.71 bits per heavy atom. The topological polar surface area (TPSA) is 57.4 Å². The summed E-state index contributed by atoms with van der Waals surface area (Å²) in [5.74, 6) is -0.0444. The van der Waals surface area contributed by atoms with Crippen LogP contribution >= 0.6 is 23.2 Å². The number of H-pyrrole nitrogens is 2. The summed E-state index contributed by atoms with van der Waals surface area (Å²) in [5, 5.41) is 3.22. The third kappa shape index (κ3) is 3.60. The van der Waals surface area contributed by atoms with Crippen LogP contribution in [0.15, 0.2) is 61.2 Å². The van der Waals surface area contributed by atoms with E-state index in [-0.39, 0.29) is 11.3 Å². The average molecular weight is 449 g/mol. The van der Waals surface area contributed by atoms with E-state index in [0.29, 0.717) is 10.0 Å². The summed E-state index contributed by atoms with van der Waals surface area (Å²) in [5.41, 5.74) is 6.39. The molecule has 4 nitrogen and oxygen atoms in total. The second-order valence-electron chi connectivity index (χ2n) is 8.89. The fraction of sp³-hybridized carbons (Fsp3) is 0.200. The molecule has 156 valence electrons. The second kappa shape index (κ2) is 7.40. The van der Waals surface area contributed by atoms with Gasteiger partial charge < -0.3 is 9.97 Å². The van der Waals surface area contributed by atoms with Gasteiger partial charge in [0.15, 0.2) is 0 Å². The first-order chi connectivity index (χ1) is 14.8. The number of hydrogen-bond donors (Lipinski definition) is 2. The van der Waals surface area contributed by atoms with E-state index in [1.807, 2.05) is 24.5 Å². The van der Waals surface area contributed by atoms with Gasteiger partial charge in [-0.2, -0.15) is 0 Å². The highest BCUT2D eigenvalue weighted by Gasteiger charge is 2.25. The fourth-order valence-electron chi connectivity index (χ4n) is 4.18. The van der Waals surface area contributed by atoms with Crippen molar-refractivity contribution in [2.45, 2.75) is 32.1 Å². The number of aromatic nitrogens is 4. The maximum atomic E-state index is 6.30. The lowest BCUT2D eigenvalue weighted by atomic mass is 9.82. The zero-order valence-corrected chi connectivity index (χ0v) is 19.0. The average Bonchev–Trinajstić information content (AvgIpc) is 3.33. The maximum absolute atomic E-state index is 6.30. The minimum Gasteiger partial charge on any atom is -0.346 e. The van der Waals surface area contributed by atoms with E-state index in [2.05, 4.69) is 65.0 Å². The van der Waals surface area contributed by atoms with Crippen LogP contribution in [0, 0.1) is 0 Å². The van der Waals surface area contributed by atoms with Crippen molar-refractivity contribution < 1.29 is 0 Å². The first kappa shape index (κ1) is 20.1. The first-order valence-electron chi connectivity index (χ1n) is 10.2. The second-order valence-corrected chi connectivity index (χ2v) is 9.77. The summed E-state index contributed by atoms with van der Waals surface area (Å²) >= 11 is 12.6. The Morgan fingerprint density at radius 2 is 1.26 bits per heavy atom. The molecule has 2 N–H and O–H groups in total. The Bertz CT molecular complexity index is 1310. The molecule has 31 heavy (non-hydrogen) atoms. The van der Waals surface area contributed by atoms with Gasteiger partial charge in [-0.05, 0) is 39.8 Å².